The van der Waals surface area contributed by atoms with E-state index in [9.17, 15) is 0 Å². The Balaban J connectivity index is 1.78. The van der Waals surface area contributed by atoms with Crippen LogP contribution in [0.25, 0.3) is 0 Å². The van der Waals surface area contributed by atoms with E-state index in [0.29, 0.717) is 5.25 Å². The molecule has 0 bridgehead atoms. The second kappa shape index (κ2) is 4.42. The molecule has 0 aromatic rings. The Kier molecular flexibility index (Phi) is 3.40. The van der Waals surface area contributed by atoms with E-state index in [-0.39, 0.29) is 5.54 Å². The lowest BCUT2D eigenvalue weighted by Gasteiger charge is -2.33. The van der Waals surface area contributed by atoms with Crippen molar-refractivity contribution in [2.24, 2.45) is 11.7 Å². The Morgan fingerprint density at radius 1 is 1.50 bits per heavy atom. The van der Waals surface area contributed by atoms with Gasteiger partial charge in [-0.15, -0.1) is 0 Å². The summed E-state index contributed by atoms with van der Waals surface area (Å²) in [5, 5.41) is 4.41. The van der Waals surface area contributed by atoms with E-state index in [1.807, 2.05) is 0 Å². The van der Waals surface area contributed by atoms with Gasteiger partial charge < -0.3 is 11.1 Å². The molecule has 1 heterocycles. The lowest BCUT2D eigenvalue weighted by atomic mass is 9.92. The first-order valence-corrected chi connectivity index (χ1v) is 6.88. The van der Waals surface area contributed by atoms with Crippen LogP contribution in [0.3, 0.4) is 0 Å². The SMILES string of the molecule is CC1SCCC1(CN)NCCC1CC1. The van der Waals surface area contributed by atoms with Crippen LogP contribution in [0.1, 0.15) is 32.6 Å². The first-order chi connectivity index (χ1) is 6.77. The third kappa shape index (κ3) is 2.26. The van der Waals surface area contributed by atoms with Crippen LogP contribution in [-0.2, 0) is 0 Å². The summed E-state index contributed by atoms with van der Waals surface area (Å²) in [5.41, 5.74) is 6.17. The predicted molar refractivity (Wildman–Crippen MR) is 63.7 cm³/mol. The van der Waals surface area contributed by atoms with E-state index in [4.69, 9.17) is 5.73 Å². The summed E-state index contributed by atoms with van der Waals surface area (Å²) >= 11 is 2.06. The maximum Gasteiger partial charge on any atom is 0.0429 e. The second-order valence-corrected chi connectivity index (χ2v) is 6.23. The van der Waals surface area contributed by atoms with Crippen molar-refractivity contribution in [2.45, 2.75) is 43.4 Å². The summed E-state index contributed by atoms with van der Waals surface area (Å²) in [5.74, 6) is 2.30. The van der Waals surface area contributed by atoms with E-state index in [1.165, 1.54) is 38.0 Å². The molecule has 0 spiro atoms. The van der Waals surface area contributed by atoms with Crippen molar-refractivity contribution in [3.63, 3.8) is 0 Å². The van der Waals surface area contributed by atoms with Crippen LogP contribution in [0.4, 0.5) is 0 Å². The van der Waals surface area contributed by atoms with Gasteiger partial charge >= 0.3 is 0 Å². The highest BCUT2D eigenvalue weighted by molar-refractivity contribution is 8.00. The molecule has 1 saturated carbocycles. The molecule has 2 nitrogen and oxygen atoms in total. The minimum absolute atomic E-state index is 0.250. The van der Waals surface area contributed by atoms with Crippen molar-refractivity contribution in [3.05, 3.63) is 0 Å². The third-order valence-corrected chi connectivity index (χ3v) is 5.18. The molecule has 0 aromatic carbocycles. The van der Waals surface area contributed by atoms with Gasteiger partial charge in [0.05, 0.1) is 0 Å². The molecular weight excluding hydrogens is 192 g/mol. The first-order valence-electron chi connectivity index (χ1n) is 5.83. The normalized spacial score (nSPS) is 37.7. The van der Waals surface area contributed by atoms with Gasteiger partial charge in [0.25, 0.3) is 0 Å². The van der Waals surface area contributed by atoms with Crippen LogP contribution in [0.5, 0.6) is 0 Å². The second-order valence-electron chi connectivity index (χ2n) is 4.78. The molecule has 0 radical (unpaired) electrons. The molecule has 2 rings (SSSR count). The third-order valence-electron chi connectivity index (χ3n) is 3.79. The Hall–Kier alpha value is 0.270. The van der Waals surface area contributed by atoms with Gasteiger partial charge in [0.1, 0.15) is 0 Å². The number of nitrogens with one attached hydrogen (secondary N) is 1. The van der Waals surface area contributed by atoms with Gasteiger partial charge in [-0.25, -0.2) is 0 Å². The molecule has 82 valence electrons. The zero-order valence-corrected chi connectivity index (χ0v) is 9.91. The predicted octanol–water partition coefficient (Wildman–Crippen LogP) is 1.60. The number of hydrogen-bond acceptors (Lipinski definition) is 3. The number of thioether (sulfide) groups is 1. The zero-order chi connectivity index (χ0) is 10.0. The highest BCUT2D eigenvalue weighted by Gasteiger charge is 2.39. The van der Waals surface area contributed by atoms with Gasteiger partial charge in [-0.05, 0) is 31.1 Å². The summed E-state index contributed by atoms with van der Waals surface area (Å²) in [7, 11) is 0. The molecule has 3 N–H and O–H groups in total. The summed E-state index contributed by atoms with van der Waals surface area (Å²) < 4.78 is 0. The molecule has 2 unspecified atom stereocenters. The van der Waals surface area contributed by atoms with E-state index in [0.717, 1.165) is 12.5 Å². The van der Waals surface area contributed by atoms with Crippen molar-refractivity contribution in [2.75, 3.05) is 18.8 Å². The molecule has 2 fully saturated rings. The van der Waals surface area contributed by atoms with Gasteiger partial charge in [-0.2, -0.15) is 11.8 Å². The summed E-state index contributed by atoms with van der Waals surface area (Å²) in [4.78, 5) is 0. The molecule has 1 aliphatic carbocycles. The van der Waals surface area contributed by atoms with Crippen molar-refractivity contribution < 1.29 is 0 Å². The van der Waals surface area contributed by atoms with Gasteiger partial charge in [0.2, 0.25) is 0 Å². The molecule has 2 atom stereocenters. The molecule has 0 amide bonds. The van der Waals surface area contributed by atoms with Crippen LogP contribution in [-0.4, -0.2) is 29.6 Å². The van der Waals surface area contributed by atoms with E-state index >= 15 is 0 Å². The largest absolute Gasteiger partial charge is 0.329 e. The monoisotopic (exact) mass is 214 g/mol. The van der Waals surface area contributed by atoms with Gasteiger partial charge in [0.15, 0.2) is 0 Å². The molecular formula is C11H22N2S. The lowest BCUT2D eigenvalue weighted by molar-refractivity contribution is 0.329. The summed E-state index contributed by atoms with van der Waals surface area (Å²) in [6.45, 7) is 4.28. The molecule has 3 heteroatoms. The van der Waals surface area contributed by atoms with Crippen LogP contribution in [0.15, 0.2) is 0 Å². The first kappa shape index (κ1) is 10.8. The maximum absolute atomic E-state index is 5.92. The highest BCUT2D eigenvalue weighted by Crippen LogP contribution is 2.36. The van der Waals surface area contributed by atoms with E-state index in [1.54, 1.807) is 0 Å². The number of hydrogen-bond donors (Lipinski definition) is 2. The standard InChI is InChI=1S/C11H22N2S/c1-9-11(8-12,5-7-14-9)13-6-4-10-2-3-10/h9-10,13H,2-8,12H2,1H3. The van der Waals surface area contributed by atoms with Crippen molar-refractivity contribution in [1.29, 1.82) is 0 Å². The van der Waals surface area contributed by atoms with Crippen LogP contribution in [0, 0.1) is 5.92 Å². The van der Waals surface area contributed by atoms with Gasteiger partial charge in [-0.1, -0.05) is 19.8 Å². The Bertz CT molecular complexity index is 194. The van der Waals surface area contributed by atoms with Crippen molar-refractivity contribution >= 4 is 11.8 Å². The minimum Gasteiger partial charge on any atom is -0.329 e. The number of nitrogens with two attached hydrogens (primary N) is 1. The maximum atomic E-state index is 5.92. The molecule has 2 aliphatic rings. The van der Waals surface area contributed by atoms with Crippen LogP contribution >= 0.6 is 11.8 Å². The summed E-state index contributed by atoms with van der Waals surface area (Å²) in [6, 6.07) is 0. The average molecular weight is 214 g/mol. The fraction of sp³-hybridized carbons (Fsp3) is 1.00. The summed E-state index contributed by atoms with van der Waals surface area (Å²) in [6.07, 6.45) is 5.53. The smallest absolute Gasteiger partial charge is 0.0429 e. The van der Waals surface area contributed by atoms with Gasteiger partial charge in [-0.3, -0.25) is 0 Å². The topological polar surface area (TPSA) is 38.0 Å². The van der Waals surface area contributed by atoms with E-state index < -0.39 is 0 Å². The number of rotatable bonds is 5. The van der Waals surface area contributed by atoms with E-state index in [2.05, 4.69) is 24.0 Å². The fourth-order valence-corrected chi connectivity index (χ4v) is 3.74. The zero-order valence-electron chi connectivity index (χ0n) is 9.09. The van der Waals surface area contributed by atoms with Crippen LogP contribution < -0.4 is 11.1 Å². The van der Waals surface area contributed by atoms with Crippen LogP contribution in [0.2, 0.25) is 0 Å². The average Bonchev–Trinajstić information content (AvgIpc) is 2.93. The fourth-order valence-electron chi connectivity index (χ4n) is 2.28. The molecule has 0 aromatic heterocycles. The Labute approximate surface area is 91.4 Å². The molecule has 1 aliphatic heterocycles. The quantitative estimate of drug-likeness (QED) is 0.730. The van der Waals surface area contributed by atoms with Gasteiger partial charge in [0, 0.05) is 17.3 Å². The van der Waals surface area contributed by atoms with Crippen molar-refractivity contribution in [3.8, 4) is 0 Å². The lowest BCUT2D eigenvalue weighted by Crippen LogP contribution is -2.55. The minimum atomic E-state index is 0.250. The molecule has 14 heavy (non-hydrogen) atoms. The Morgan fingerprint density at radius 3 is 2.79 bits per heavy atom. The van der Waals surface area contributed by atoms with Crippen molar-refractivity contribution in [1.82, 2.24) is 5.32 Å². The Morgan fingerprint density at radius 2 is 2.29 bits per heavy atom. The highest BCUT2D eigenvalue weighted by atomic mass is 32.2. The molecule has 1 saturated heterocycles.